The van der Waals surface area contributed by atoms with Crippen molar-refractivity contribution in [3.05, 3.63) is 0 Å². The molecule has 1 aliphatic rings. The summed E-state index contributed by atoms with van der Waals surface area (Å²) in [4.78, 5) is 12.9. The number of rotatable bonds is 5. The number of carbonyl (C=O) groups excluding carboxylic acids is 1. The van der Waals surface area contributed by atoms with E-state index in [0.29, 0.717) is 32.6 Å². The van der Waals surface area contributed by atoms with Crippen molar-refractivity contribution >= 4 is 15.9 Å². The first kappa shape index (κ1) is 14.4. The van der Waals surface area contributed by atoms with E-state index in [1.54, 1.807) is 4.90 Å². The van der Waals surface area contributed by atoms with Gasteiger partial charge in [0.1, 0.15) is 0 Å². The second kappa shape index (κ2) is 6.32. The Balaban J connectivity index is 2.49. The Hall–Kier alpha value is -0.660. The Kier molecular flexibility index (Phi) is 5.35. The zero-order chi connectivity index (χ0) is 12.9. The van der Waals surface area contributed by atoms with E-state index < -0.39 is 10.0 Å². The third-order valence-electron chi connectivity index (χ3n) is 2.92. The number of piperazine rings is 1. The van der Waals surface area contributed by atoms with E-state index in [1.165, 1.54) is 4.31 Å². The van der Waals surface area contributed by atoms with Crippen molar-refractivity contribution in [2.75, 3.05) is 38.5 Å². The molecule has 0 radical (unpaired) electrons. The van der Waals surface area contributed by atoms with E-state index in [1.807, 2.05) is 6.92 Å². The highest BCUT2D eigenvalue weighted by molar-refractivity contribution is 7.89. The van der Waals surface area contributed by atoms with Crippen molar-refractivity contribution < 1.29 is 13.2 Å². The van der Waals surface area contributed by atoms with Crippen LogP contribution in [-0.4, -0.2) is 62.0 Å². The lowest BCUT2D eigenvalue weighted by Gasteiger charge is -2.33. The van der Waals surface area contributed by atoms with Gasteiger partial charge in [-0.05, 0) is 6.42 Å². The molecule has 1 amide bonds. The summed E-state index contributed by atoms with van der Waals surface area (Å²) >= 11 is 0. The molecule has 0 saturated carbocycles. The molecule has 0 aromatic heterocycles. The van der Waals surface area contributed by atoms with Crippen molar-refractivity contribution in [3.63, 3.8) is 0 Å². The first-order chi connectivity index (χ1) is 8.01. The molecule has 17 heavy (non-hydrogen) atoms. The number of hydrogen-bond acceptors (Lipinski definition) is 4. The molecule has 0 unspecified atom stereocenters. The molecule has 1 fully saturated rings. The quantitative estimate of drug-likeness (QED) is 0.705. The topological polar surface area (TPSA) is 83.7 Å². The van der Waals surface area contributed by atoms with E-state index in [2.05, 4.69) is 0 Å². The van der Waals surface area contributed by atoms with Crippen LogP contribution >= 0.6 is 0 Å². The van der Waals surface area contributed by atoms with E-state index in [-0.39, 0.29) is 18.2 Å². The zero-order valence-electron chi connectivity index (χ0n) is 10.3. The highest BCUT2D eigenvalue weighted by Crippen LogP contribution is 2.09. The maximum atomic E-state index is 11.9. The standard InChI is InChI=1S/C10H21N3O3S/c1-2-3-8-17(15,16)13-6-4-12(5-7-13)10(14)9-11/h2-9,11H2,1H3. The van der Waals surface area contributed by atoms with Gasteiger partial charge in [0, 0.05) is 26.2 Å². The van der Waals surface area contributed by atoms with Crippen LogP contribution < -0.4 is 5.73 Å². The van der Waals surface area contributed by atoms with Crippen LogP contribution in [0.5, 0.6) is 0 Å². The average molecular weight is 263 g/mol. The van der Waals surface area contributed by atoms with Crippen LogP contribution in [0.25, 0.3) is 0 Å². The van der Waals surface area contributed by atoms with Crippen molar-refractivity contribution in [1.82, 2.24) is 9.21 Å². The first-order valence-electron chi connectivity index (χ1n) is 5.97. The smallest absolute Gasteiger partial charge is 0.236 e. The van der Waals surface area contributed by atoms with Crippen molar-refractivity contribution in [2.24, 2.45) is 5.73 Å². The lowest BCUT2D eigenvalue weighted by molar-refractivity contribution is -0.130. The van der Waals surface area contributed by atoms with Gasteiger partial charge in [-0.3, -0.25) is 4.79 Å². The Bertz CT molecular complexity index is 348. The third kappa shape index (κ3) is 3.93. The summed E-state index contributed by atoms with van der Waals surface area (Å²) in [5, 5.41) is 0. The third-order valence-corrected chi connectivity index (χ3v) is 4.87. The summed E-state index contributed by atoms with van der Waals surface area (Å²) in [5.41, 5.74) is 5.27. The minimum absolute atomic E-state index is 0.0113. The molecular weight excluding hydrogens is 242 g/mol. The van der Waals surface area contributed by atoms with Crippen LogP contribution in [0, 0.1) is 0 Å². The van der Waals surface area contributed by atoms with E-state index in [0.717, 1.165) is 6.42 Å². The van der Waals surface area contributed by atoms with Gasteiger partial charge in [0.25, 0.3) is 0 Å². The number of amides is 1. The van der Waals surface area contributed by atoms with Crippen molar-refractivity contribution in [2.45, 2.75) is 19.8 Å². The second-order valence-corrected chi connectivity index (χ2v) is 6.24. The molecular formula is C10H21N3O3S. The molecule has 0 atom stereocenters. The average Bonchev–Trinajstić information content (AvgIpc) is 2.35. The minimum Gasteiger partial charge on any atom is -0.339 e. The summed E-state index contributed by atoms with van der Waals surface area (Å²) in [6, 6.07) is 0. The highest BCUT2D eigenvalue weighted by atomic mass is 32.2. The summed E-state index contributed by atoms with van der Waals surface area (Å²) in [6.07, 6.45) is 1.55. The van der Waals surface area contributed by atoms with Gasteiger partial charge in [0.2, 0.25) is 15.9 Å². The molecule has 0 aromatic rings. The first-order valence-corrected chi connectivity index (χ1v) is 7.58. The van der Waals surface area contributed by atoms with Crippen molar-refractivity contribution in [1.29, 1.82) is 0 Å². The van der Waals surface area contributed by atoms with Gasteiger partial charge in [-0.2, -0.15) is 4.31 Å². The maximum absolute atomic E-state index is 11.9. The Labute approximate surface area is 103 Å². The molecule has 1 aliphatic heterocycles. The number of unbranched alkanes of at least 4 members (excludes halogenated alkanes) is 1. The monoisotopic (exact) mass is 263 g/mol. The van der Waals surface area contributed by atoms with Gasteiger partial charge < -0.3 is 10.6 Å². The van der Waals surface area contributed by atoms with Gasteiger partial charge in [0.05, 0.1) is 12.3 Å². The number of hydrogen-bond donors (Lipinski definition) is 1. The van der Waals surface area contributed by atoms with Crippen LogP contribution in [0.3, 0.4) is 0 Å². The number of sulfonamides is 1. The predicted octanol–water partition coefficient (Wildman–Crippen LogP) is -0.781. The molecule has 0 aromatic carbocycles. The van der Waals surface area contributed by atoms with Gasteiger partial charge in [-0.1, -0.05) is 13.3 Å². The molecule has 6 nitrogen and oxygen atoms in total. The normalized spacial score (nSPS) is 18.4. The Morgan fingerprint density at radius 1 is 1.24 bits per heavy atom. The summed E-state index contributed by atoms with van der Waals surface area (Å²) < 4.78 is 25.3. The summed E-state index contributed by atoms with van der Waals surface area (Å²) in [5.74, 6) is 0.0875. The molecule has 2 N–H and O–H groups in total. The Morgan fingerprint density at radius 2 is 1.82 bits per heavy atom. The lowest BCUT2D eigenvalue weighted by atomic mass is 10.3. The Morgan fingerprint density at radius 3 is 2.29 bits per heavy atom. The lowest BCUT2D eigenvalue weighted by Crippen LogP contribution is -2.52. The maximum Gasteiger partial charge on any atom is 0.236 e. The molecule has 0 aliphatic carbocycles. The fourth-order valence-corrected chi connectivity index (χ4v) is 3.43. The number of nitrogens with two attached hydrogens (primary N) is 1. The molecule has 1 saturated heterocycles. The van der Waals surface area contributed by atoms with Crippen LogP contribution in [0.4, 0.5) is 0 Å². The fourth-order valence-electron chi connectivity index (χ4n) is 1.80. The molecule has 0 spiro atoms. The molecule has 1 rings (SSSR count). The number of nitrogens with zero attached hydrogens (tertiary/aromatic N) is 2. The largest absolute Gasteiger partial charge is 0.339 e. The van der Waals surface area contributed by atoms with Crippen molar-refractivity contribution in [3.8, 4) is 0 Å². The van der Waals surface area contributed by atoms with E-state index in [4.69, 9.17) is 5.73 Å². The predicted molar refractivity (Wildman–Crippen MR) is 65.9 cm³/mol. The van der Waals surface area contributed by atoms with Crippen LogP contribution in [-0.2, 0) is 14.8 Å². The molecule has 0 bridgehead atoms. The van der Waals surface area contributed by atoms with Crippen LogP contribution in [0.1, 0.15) is 19.8 Å². The highest BCUT2D eigenvalue weighted by Gasteiger charge is 2.27. The minimum atomic E-state index is -3.14. The van der Waals surface area contributed by atoms with Gasteiger partial charge in [0.15, 0.2) is 0 Å². The van der Waals surface area contributed by atoms with E-state index >= 15 is 0 Å². The SMILES string of the molecule is CCCCS(=O)(=O)N1CCN(C(=O)CN)CC1. The van der Waals surface area contributed by atoms with Gasteiger partial charge >= 0.3 is 0 Å². The summed E-state index contributed by atoms with van der Waals surface area (Å²) in [7, 11) is -3.14. The summed E-state index contributed by atoms with van der Waals surface area (Å²) in [6.45, 7) is 3.62. The number of carbonyl (C=O) groups is 1. The van der Waals surface area contributed by atoms with Gasteiger partial charge in [-0.25, -0.2) is 8.42 Å². The van der Waals surface area contributed by atoms with E-state index in [9.17, 15) is 13.2 Å². The van der Waals surface area contributed by atoms with Gasteiger partial charge in [-0.15, -0.1) is 0 Å². The molecule has 100 valence electrons. The molecule has 1 heterocycles. The van der Waals surface area contributed by atoms with Crippen LogP contribution in [0.15, 0.2) is 0 Å². The zero-order valence-corrected chi connectivity index (χ0v) is 11.1. The second-order valence-electron chi connectivity index (χ2n) is 4.15. The fraction of sp³-hybridized carbons (Fsp3) is 0.900. The molecule has 7 heteroatoms. The van der Waals surface area contributed by atoms with Crippen LogP contribution in [0.2, 0.25) is 0 Å².